The standard InChI is InChI=1S/C26H22BrNO3S/c27-21-7-5-6-19(18-21)10-15-24(29)20-11-13-22(14-12-20)30-16-3-4-17-32-26-28-23-8-1-2-9-25(23)31-26/h1-2,5-15,18H,3-4,16-17H2/b15-10+. The molecule has 0 atom stereocenters. The Morgan fingerprint density at radius 3 is 2.69 bits per heavy atom. The molecule has 0 aliphatic heterocycles. The van der Waals surface area contributed by atoms with Crippen LogP contribution in [-0.4, -0.2) is 23.1 Å². The zero-order valence-corrected chi connectivity index (χ0v) is 19.8. The summed E-state index contributed by atoms with van der Waals surface area (Å²) in [5.41, 5.74) is 3.33. The van der Waals surface area contributed by atoms with Gasteiger partial charge in [-0.3, -0.25) is 4.79 Å². The number of unbranched alkanes of at least 4 members (excludes halogenated alkanes) is 1. The van der Waals surface area contributed by atoms with E-state index >= 15 is 0 Å². The quantitative estimate of drug-likeness (QED) is 0.0965. The van der Waals surface area contributed by atoms with Gasteiger partial charge in [0, 0.05) is 15.8 Å². The number of nitrogens with zero attached hydrogens (tertiary/aromatic N) is 1. The number of oxazole rings is 1. The molecule has 0 fully saturated rings. The van der Waals surface area contributed by atoms with Crippen LogP contribution >= 0.6 is 27.7 Å². The second-order valence-electron chi connectivity index (χ2n) is 7.13. The molecule has 4 rings (SSSR count). The molecule has 6 heteroatoms. The van der Waals surface area contributed by atoms with E-state index in [-0.39, 0.29) is 5.78 Å². The lowest BCUT2D eigenvalue weighted by Crippen LogP contribution is -1.99. The first-order valence-electron chi connectivity index (χ1n) is 10.4. The van der Waals surface area contributed by atoms with Crippen LogP contribution in [0.1, 0.15) is 28.8 Å². The number of ether oxygens (including phenoxy) is 1. The highest BCUT2D eigenvalue weighted by molar-refractivity contribution is 9.10. The predicted octanol–water partition coefficient (Wildman–Crippen LogP) is 7.44. The van der Waals surface area contributed by atoms with Gasteiger partial charge in [-0.1, -0.05) is 58.0 Å². The van der Waals surface area contributed by atoms with Crippen LogP contribution in [0.2, 0.25) is 0 Å². The highest BCUT2D eigenvalue weighted by atomic mass is 79.9. The van der Waals surface area contributed by atoms with Gasteiger partial charge < -0.3 is 9.15 Å². The van der Waals surface area contributed by atoms with Crippen LogP contribution in [0, 0.1) is 0 Å². The van der Waals surface area contributed by atoms with Crippen molar-refractivity contribution < 1.29 is 13.9 Å². The molecule has 0 aliphatic carbocycles. The number of hydrogen-bond acceptors (Lipinski definition) is 5. The molecule has 1 heterocycles. The molecule has 0 saturated carbocycles. The van der Waals surface area contributed by atoms with Gasteiger partial charge in [-0.2, -0.15) is 0 Å². The number of aromatic nitrogens is 1. The number of hydrogen-bond donors (Lipinski definition) is 0. The Bertz CT molecular complexity index is 1180. The molecule has 0 amide bonds. The number of benzene rings is 3. The summed E-state index contributed by atoms with van der Waals surface area (Å²) in [6.45, 7) is 0.629. The first-order valence-corrected chi connectivity index (χ1v) is 12.1. The summed E-state index contributed by atoms with van der Waals surface area (Å²) in [6.07, 6.45) is 5.34. The molecule has 4 aromatic rings. The fourth-order valence-electron chi connectivity index (χ4n) is 3.06. The van der Waals surface area contributed by atoms with Gasteiger partial charge in [-0.25, -0.2) is 4.98 Å². The summed E-state index contributed by atoms with van der Waals surface area (Å²) in [5.74, 6) is 1.66. The van der Waals surface area contributed by atoms with Crippen molar-refractivity contribution in [1.29, 1.82) is 0 Å². The molecule has 0 N–H and O–H groups in total. The summed E-state index contributed by atoms with van der Waals surface area (Å²) in [6, 6.07) is 22.9. The molecule has 0 radical (unpaired) electrons. The molecule has 32 heavy (non-hydrogen) atoms. The first kappa shape index (κ1) is 22.4. The molecule has 0 spiro atoms. The zero-order chi connectivity index (χ0) is 22.2. The molecular formula is C26H22BrNO3S. The van der Waals surface area contributed by atoms with Crippen molar-refractivity contribution in [1.82, 2.24) is 4.98 Å². The number of ketones is 1. The fraction of sp³-hybridized carbons (Fsp3) is 0.154. The van der Waals surface area contributed by atoms with Crippen molar-refractivity contribution in [2.45, 2.75) is 18.1 Å². The van der Waals surface area contributed by atoms with Crippen molar-refractivity contribution in [2.24, 2.45) is 0 Å². The number of fused-ring (bicyclic) bond motifs is 1. The molecule has 1 aromatic heterocycles. The smallest absolute Gasteiger partial charge is 0.256 e. The minimum Gasteiger partial charge on any atom is -0.494 e. The van der Waals surface area contributed by atoms with Gasteiger partial charge in [0.1, 0.15) is 11.3 Å². The first-order chi connectivity index (χ1) is 15.7. The minimum atomic E-state index is -0.0345. The second kappa shape index (κ2) is 11.2. The van der Waals surface area contributed by atoms with Gasteiger partial charge in [-0.05, 0) is 73.0 Å². The Morgan fingerprint density at radius 2 is 1.88 bits per heavy atom. The lowest BCUT2D eigenvalue weighted by Gasteiger charge is -2.06. The van der Waals surface area contributed by atoms with Crippen molar-refractivity contribution in [2.75, 3.05) is 12.4 Å². The Kier molecular flexibility index (Phi) is 7.80. The van der Waals surface area contributed by atoms with Crippen molar-refractivity contribution in [3.8, 4) is 5.75 Å². The van der Waals surface area contributed by atoms with E-state index in [1.165, 1.54) is 0 Å². The van der Waals surface area contributed by atoms with Gasteiger partial charge in [0.05, 0.1) is 6.61 Å². The second-order valence-corrected chi connectivity index (χ2v) is 9.09. The number of carbonyl (C=O) groups excluding carboxylic acids is 1. The van der Waals surface area contributed by atoms with E-state index in [2.05, 4.69) is 20.9 Å². The topological polar surface area (TPSA) is 52.3 Å². The van der Waals surface area contributed by atoms with Gasteiger partial charge in [0.15, 0.2) is 11.4 Å². The molecular weight excluding hydrogens is 486 g/mol. The number of carbonyl (C=O) groups is 1. The number of rotatable bonds is 10. The van der Waals surface area contributed by atoms with E-state index in [1.807, 2.05) is 66.7 Å². The molecule has 0 saturated heterocycles. The van der Waals surface area contributed by atoms with E-state index in [0.29, 0.717) is 17.4 Å². The normalized spacial score (nSPS) is 11.3. The van der Waals surface area contributed by atoms with E-state index < -0.39 is 0 Å². The van der Waals surface area contributed by atoms with E-state index in [4.69, 9.17) is 9.15 Å². The summed E-state index contributed by atoms with van der Waals surface area (Å²) in [4.78, 5) is 16.8. The highest BCUT2D eigenvalue weighted by Gasteiger charge is 2.06. The molecule has 0 aliphatic rings. The monoisotopic (exact) mass is 507 g/mol. The summed E-state index contributed by atoms with van der Waals surface area (Å²) in [5, 5.41) is 0.710. The lowest BCUT2D eigenvalue weighted by atomic mass is 10.1. The van der Waals surface area contributed by atoms with Crippen LogP contribution in [-0.2, 0) is 0 Å². The average Bonchev–Trinajstić information content (AvgIpc) is 3.23. The van der Waals surface area contributed by atoms with Crippen LogP contribution in [0.25, 0.3) is 17.2 Å². The summed E-state index contributed by atoms with van der Waals surface area (Å²) in [7, 11) is 0. The molecule has 162 valence electrons. The minimum absolute atomic E-state index is 0.0345. The third kappa shape index (κ3) is 6.34. The fourth-order valence-corrected chi connectivity index (χ4v) is 4.31. The van der Waals surface area contributed by atoms with Crippen molar-refractivity contribution in [3.05, 3.63) is 94.5 Å². The Hall–Kier alpha value is -2.83. The maximum Gasteiger partial charge on any atom is 0.256 e. The lowest BCUT2D eigenvalue weighted by molar-refractivity contribution is 0.104. The number of para-hydroxylation sites is 2. The number of halogens is 1. The van der Waals surface area contributed by atoms with Gasteiger partial charge >= 0.3 is 0 Å². The number of thioether (sulfide) groups is 1. The van der Waals surface area contributed by atoms with Crippen molar-refractivity contribution >= 4 is 50.7 Å². The van der Waals surface area contributed by atoms with Crippen LogP contribution in [0.3, 0.4) is 0 Å². The molecule has 0 unspecified atom stereocenters. The third-order valence-corrected chi connectivity index (χ3v) is 6.13. The maximum absolute atomic E-state index is 12.4. The maximum atomic E-state index is 12.4. The van der Waals surface area contributed by atoms with E-state index in [9.17, 15) is 4.79 Å². The van der Waals surface area contributed by atoms with Crippen LogP contribution in [0.15, 0.2) is 93.0 Å². The van der Waals surface area contributed by atoms with Crippen LogP contribution in [0.5, 0.6) is 5.75 Å². The molecule has 4 nitrogen and oxygen atoms in total. The Balaban J connectivity index is 1.17. The van der Waals surface area contributed by atoms with Crippen LogP contribution in [0.4, 0.5) is 0 Å². The Morgan fingerprint density at radius 1 is 1.03 bits per heavy atom. The summed E-state index contributed by atoms with van der Waals surface area (Å²) >= 11 is 5.05. The SMILES string of the molecule is O=C(/C=C/c1cccc(Br)c1)c1ccc(OCCCCSc2nc3ccccc3o2)cc1. The molecule has 0 bridgehead atoms. The van der Waals surface area contributed by atoms with Crippen molar-refractivity contribution in [3.63, 3.8) is 0 Å². The predicted molar refractivity (Wildman–Crippen MR) is 133 cm³/mol. The van der Waals surface area contributed by atoms with Gasteiger partial charge in [-0.15, -0.1) is 0 Å². The summed E-state index contributed by atoms with van der Waals surface area (Å²) < 4.78 is 12.5. The van der Waals surface area contributed by atoms with Gasteiger partial charge in [0.2, 0.25) is 0 Å². The van der Waals surface area contributed by atoms with E-state index in [1.54, 1.807) is 30.0 Å². The third-order valence-electron chi connectivity index (χ3n) is 4.72. The Labute approximate surface area is 199 Å². The highest BCUT2D eigenvalue weighted by Crippen LogP contribution is 2.24. The molecule has 3 aromatic carbocycles. The number of allylic oxidation sites excluding steroid dienone is 1. The van der Waals surface area contributed by atoms with E-state index in [0.717, 1.165) is 45.5 Å². The zero-order valence-electron chi connectivity index (χ0n) is 17.4. The largest absolute Gasteiger partial charge is 0.494 e. The van der Waals surface area contributed by atoms with Gasteiger partial charge in [0.25, 0.3) is 5.22 Å². The van der Waals surface area contributed by atoms with Crippen LogP contribution < -0.4 is 4.74 Å². The average molecular weight is 508 g/mol.